The SMILES string of the molecule is Cc1ccc(-n2c(O)c(C=Nc3cc4c(cc3Br)n(C)c(=O)n4C)c(=O)[nH]c2=O)cc1C. The maximum absolute atomic E-state index is 12.4. The number of aromatic amines is 1. The van der Waals surface area contributed by atoms with Crippen LogP contribution < -0.4 is 16.9 Å². The number of imidazole rings is 1. The fraction of sp³-hybridized carbons (Fsp3) is 0.182. The zero-order valence-corrected chi connectivity index (χ0v) is 19.4. The molecule has 4 aromatic rings. The lowest BCUT2D eigenvalue weighted by molar-refractivity contribution is 0.430. The van der Waals surface area contributed by atoms with Crippen molar-refractivity contribution in [2.75, 3.05) is 0 Å². The first-order valence-electron chi connectivity index (χ1n) is 9.65. The van der Waals surface area contributed by atoms with Gasteiger partial charge in [-0.1, -0.05) is 6.07 Å². The first-order chi connectivity index (χ1) is 15.1. The molecule has 0 radical (unpaired) electrons. The van der Waals surface area contributed by atoms with Crippen LogP contribution in [0.1, 0.15) is 16.7 Å². The number of aromatic nitrogens is 4. The Labute approximate surface area is 190 Å². The third-order valence-corrected chi connectivity index (χ3v) is 6.18. The highest BCUT2D eigenvalue weighted by Gasteiger charge is 2.16. The Kier molecular flexibility index (Phi) is 5.25. The van der Waals surface area contributed by atoms with E-state index in [2.05, 4.69) is 25.9 Å². The highest BCUT2D eigenvalue weighted by Crippen LogP contribution is 2.30. The number of hydrogen-bond acceptors (Lipinski definition) is 5. The first kappa shape index (κ1) is 21.6. The van der Waals surface area contributed by atoms with E-state index in [0.717, 1.165) is 15.7 Å². The minimum absolute atomic E-state index is 0.170. The predicted octanol–water partition coefficient (Wildman–Crippen LogP) is 2.55. The molecule has 0 amide bonds. The van der Waals surface area contributed by atoms with Crippen molar-refractivity contribution < 1.29 is 5.11 Å². The summed E-state index contributed by atoms with van der Waals surface area (Å²) in [7, 11) is 3.33. The van der Waals surface area contributed by atoms with Gasteiger partial charge in [-0.05, 0) is 65.2 Å². The van der Waals surface area contributed by atoms with E-state index < -0.39 is 17.1 Å². The van der Waals surface area contributed by atoms with Gasteiger partial charge in [0.05, 0.1) is 22.4 Å². The van der Waals surface area contributed by atoms with Gasteiger partial charge in [-0.15, -0.1) is 0 Å². The number of halogens is 1. The maximum Gasteiger partial charge on any atom is 0.335 e. The number of rotatable bonds is 3. The van der Waals surface area contributed by atoms with E-state index in [1.165, 1.54) is 15.3 Å². The highest BCUT2D eigenvalue weighted by atomic mass is 79.9. The summed E-state index contributed by atoms with van der Waals surface area (Å²) in [5.41, 5.74) is 2.34. The number of aryl methyl sites for hydroxylation is 4. The summed E-state index contributed by atoms with van der Waals surface area (Å²) in [6, 6.07) is 8.70. The predicted molar refractivity (Wildman–Crippen MR) is 127 cm³/mol. The van der Waals surface area contributed by atoms with E-state index in [-0.39, 0.29) is 11.3 Å². The lowest BCUT2D eigenvalue weighted by Gasteiger charge is -2.11. The van der Waals surface area contributed by atoms with Crippen molar-refractivity contribution >= 4 is 38.9 Å². The first-order valence-corrected chi connectivity index (χ1v) is 10.4. The van der Waals surface area contributed by atoms with Crippen molar-refractivity contribution in [3.63, 3.8) is 0 Å². The van der Waals surface area contributed by atoms with Crippen LogP contribution in [0, 0.1) is 13.8 Å². The van der Waals surface area contributed by atoms with E-state index in [1.807, 2.05) is 19.9 Å². The van der Waals surface area contributed by atoms with E-state index in [9.17, 15) is 19.5 Å². The van der Waals surface area contributed by atoms with Crippen LogP contribution in [-0.2, 0) is 14.1 Å². The minimum Gasteiger partial charge on any atom is -0.493 e. The Bertz CT molecular complexity index is 1600. The molecule has 9 nitrogen and oxygen atoms in total. The van der Waals surface area contributed by atoms with E-state index in [1.54, 1.807) is 38.4 Å². The number of fused-ring (bicyclic) bond motifs is 1. The van der Waals surface area contributed by atoms with Crippen LogP contribution in [0.5, 0.6) is 5.88 Å². The molecule has 0 saturated heterocycles. The second-order valence-electron chi connectivity index (χ2n) is 7.55. The van der Waals surface area contributed by atoms with Gasteiger partial charge in [0.2, 0.25) is 5.88 Å². The van der Waals surface area contributed by atoms with E-state index >= 15 is 0 Å². The largest absolute Gasteiger partial charge is 0.493 e. The van der Waals surface area contributed by atoms with Crippen LogP contribution in [0.3, 0.4) is 0 Å². The number of aromatic hydroxyl groups is 1. The molecule has 0 bridgehead atoms. The average Bonchev–Trinajstić information content (AvgIpc) is 2.94. The van der Waals surface area contributed by atoms with Crippen molar-refractivity contribution in [3.05, 3.63) is 82.8 Å². The van der Waals surface area contributed by atoms with Gasteiger partial charge in [-0.3, -0.25) is 23.9 Å². The second-order valence-corrected chi connectivity index (χ2v) is 8.41. The van der Waals surface area contributed by atoms with Gasteiger partial charge in [-0.2, -0.15) is 0 Å². The number of nitrogens with zero attached hydrogens (tertiary/aromatic N) is 4. The molecule has 0 aliphatic carbocycles. The summed E-state index contributed by atoms with van der Waals surface area (Å²) in [6.45, 7) is 3.82. The van der Waals surface area contributed by atoms with Crippen molar-refractivity contribution in [1.82, 2.24) is 18.7 Å². The third kappa shape index (κ3) is 3.42. The molecule has 2 aromatic carbocycles. The Balaban J connectivity index is 1.86. The van der Waals surface area contributed by atoms with Gasteiger partial charge in [0, 0.05) is 24.8 Å². The van der Waals surface area contributed by atoms with E-state index in [0.29, 0.717) is 26.9 Å². The molecule has 2 heterocycles. The monoisotopic (exact) mass is 497 g/mol. The molecule has 0 aliphatic rings. The summed E-state index contributed by atoms with van der Waals surface area (Å²) in [6.07, 6.45) is 1.19. The zero-order valence-electron chi connectivity index (χ0n) is 17.8. The van der Waals surface area contributed by atoms with Crippen molar-refractivity contribution in [2.45, 2.75) is 13.8 Å². The quantitative estimate of drug-likeness (QED) is 0.423. The molecule has 0 atom stereocenters. The van der Waals surface area contributed by atoms with Crippen LogP contribution in [0.4, 0.5) is 5.69 Å². The number of hydrogen-bond donors (Lipinski definition) is 2. The van der Waals surface area contributed by atoms with Gasteiger partial charge in [0.15, 0.2) is 0 Å². The molecule has 0 saturated carbocycles. The van der Waals surface area contributed by atoms with Gasteiger partial charge >= 0.3 is 11.4 Å². The molecule has 32 heavy (non-hydrogen) atoms. The summed E-state index contributed by atoms with van der Waals surface area (Å²) < 4.78 is 4.63. The minimum atomic E-state index is -0.763. The Morgan fingerprint density at radius 1 is 1.00 bits per heavy atom. The van der Waals surface area contributed by atoms with Crippen LogP contribution in [0.25, 0.3) is 16.7 Å². The van der Waals surface area contributed by atoms with Crippen molar-refractivity contribution in [3.8, 4) is 11.6 Å². The molecule has 4 rings (SSSR count). The lowest BCUT2D eigenvalue weighted by Crippen LogP contribution is -2.31. The standard InChI is InChI=1S/C22H20BrN5O4/c1-11-5-6-13(7-12(11)2)28-20(30)14(19(29)25-21(28)31)10-24-16-9-18-17(8-15(16)23)26(3)22(32)27(18)4/h5-10,30H,1-4H3,(H,25,29,31). The molecular formula is C22H20BrN5O4. The molecule has 0 fully saturated rings. The fourth-order valence-electron chi connectivity index (χ4n) is 3.50. The Hall–Kier alpha value is -3.66. The van der Waals surface area contributed by atoms with Crippen molar-refractivity contribution in [2.24, 2.45) is 19.1 Å². The molecule has 0 unspecified atom stereocenters. The summed E-state index contributed by atoms with van der Waals surface area (Å²) in [5, 5.41) is 10.8. The molecule has 0 aliphatic heterocycles. The van der Waals surface area contributed by atoms with Crippen LogP contribution in [-0.4, -0.2) is 30.0 Å². The van der Waals surface area contributed by atoms with Gasteiger partial charge in [0.1, 0.15) is 5.56 Å². The van der Waals surface area contributed by atoms with Gasteiger partial charge < -0.3 is 5.11 Å². The lowest BCUT2D eigenvalue weighted by atomic mass is 10.1. The molecule has 2 N–H and O–H groups in total. The fourth-order valence-corrected chi connectivity index (χ4v) is 3.93. The maximum atomic E-state index is 12.4. The Morgan fingerprint density at radius 3 is 2.31 bits per heavy atom. The molecule has 10 heteroatoms. The average molecular weight is 498 g/mol. The summed E-state index contributed by atoms with van der Waals surface area (Å²) in [4.78, 5) is 43.6. The smallest absolute Gasteiger partial charge is 0.335 e. The van der Waals surface area contributed by atoms with E-state index in [4.69, 9.17) is 0 Å². The van der Waals surface area contributed by atoms with Gasteiger partial charge in [-0.25, -0.2) is 14.2 Å². The number of nitrogens with one attached hydrogen (secondary N) is 1. The second kappa shape index (κ2) is 7.79. The number of H-pyrrole nitrogens is 1. The number of benzene rings is 2. The molecule has 164 valence electrons. The van der Waals surface area contributed by atoms with Crippen LogP contribution in [0.2, 0.25) is 0 Å². The van der Waals surface area contributed by atoms with Crippen LogP contribution in [0.15, 0.2) is 54.2 Å². The highest BCUT2D eigenvalue weighted by molar-refractivity contribution is 9.10. The van der Waals surface area contributed by atoms with Gasteiger partial charge in [0.25, 0.3) is 5.56 Å². The molecule has 2 aromatic heterocycles. The summed E-state index contributed by atoms with van der Waals surface area (Å²) >= 11 is 3.43. The van der Waals surface area contributed by atoms with Crippen molar-refractivity contribution in [1.29, 1.82) is 0 Å². The zero-order chi connectivity index (χ0) is 23.3. The molecular weight excluding hydrogens is 478 g/mol. The topological polar surface area (TPSA) is 114 Å². The Morgan fingerprint density at radius 2 is 1.66 bits per heavy atom. The number of aliphatic imine (C=N–C) groups is 1. The third-order valence-electron chi connectivity index (χ3n) is 5.54. The summed E-state index contributed by atoms with van der Waals surface area (Å²) in [5.74, 6) is -0.518. The molecule has 0 spiro atoms. The normalized spacial score (nSPS) is 11.7. The van der Waals surface area contributed by atoms with Crippen LogP contribution >= 0.6 is 15.9 Å².